The molecule has 4 N–H and O–H groups in total. The minimum atomic E-state index is -0.627. The van der Waals surface area contributed by atoms with E-state index in [1.54, 1.807) is 0 Å². The van der Waals surface area contributed by atoms with Crippen LogP contribution in [0.25, 0.3) is 0 Å². The molecule has 0 bridgehead atoms. The molecule has 0 saturated carbocycles. The molecule has 3 heterocycles. The van der Waals surface area contributed by atoms with Crippen molar-refractivity contribution in [3.05, 3.63) is 95.6 Å². The third-order valence-corrected chi connectivity index (χ3v) is 8.92. The molecule has 1 spiro atoms. The van der Waals surface area contributed by atoms with Crippen LogP contribution in [0.15, 0.2) is 78.9 Å². The molecule has 6 rings (SSSR count). The number of ether oxygens (including phenoxy) is 2. The number of hydrogen-bond acceptors (Lipinski definition) is 7. The molecule has 3 aliphatic rings. The third-order valence-electron chi connectivity index (χ3n) is 8.92. The molecule has 3 fully saturated rings. The van der Waals surface area contributed by atoms with Gasteiger partial charge in [0.25, 0.3) is 0 Å². The fraction of sp³-hybridized carbons (Fsp3) is 0.412. The molecule has 0 aromatic heterocycles. The van der Waals surface area contributed by atoms with Crippen LogP contribution in [-0.4, -0.2) is 66.4 Å². The number of aliphatic hydroxyl groups is 1. The summed E-state index contributed by atoms with van der Waals surface area (Å²) in [5.74, 6) is 0.107. The summed E-state index contributed by atoms with van der Waals surface area (Å²) in [7, 11) is 0. The lowest BCUT2D eigenvalue weighted by molar-refractivity contribution is -0.253. The highest BCUT2D eigenvalue weighted by Gasteiger charge is 2.50. The van der Waals surface area contributed by atoms with Crippen LogP contribution in [0, 0.1) is 0 Å². The van der Waals surface area contributed by atoms with Crippen molar-refractivity contribution >= 4 is 23.3 Å². The van der Waals surface area contributed by atoms with Gasteiger partial charge in [0.15, 0.2) is 6.29 Å². The van der Waals surface area contributed by atoms with E-state index < -0.39 is 11.8 Å². The molecule has 10 nitrogen and oxygen atoms in total. The fourth-order valence-electron chi connectivity index (χ4n) is 6.56. The Kier molecular flexibility index (Phi) is 9.13. The van der Waals surface area contributed by atoms with Gasteiger partial charge in [0.05, 0.1) is 25.5 Å². The summed E-state index contributed by atoms with van der Waals surface area (Å²) in [5, 5.41) is 18.2. The summed E-state index contributed by atoms with van der Waals surface area (Å²) in [4.78, 5) is 29.9. The highest BCUT2D eigenvalue weighted by molar-refractivity contribution is 5.93. The van der Waals surface area contributed by atoms with Crippen LogP contribution >= 0.6 is 0 Å². The molecule has 10 heteroatoms. The van der Waals surface area contributed by atoms with Gasteiger partial charge < -0.3 is 40.3 Å². The Hall–Kier alpha value is -3.96. The lowest BCUT2D eigenvalue weighted by atomic mass is 9.85. The number of nitrogens with one attached hydrogen (secondary N) is 3. The second-order valence-corrected chi connectivity index (χ2v) is 11.7. The average molecular weight is 600 g/mol. The normalized spacial score (nSPS) is 23.4. The van der Waals surface area contributed by atoms with E-state index in [-0.39, 0.29) is 30.8 Å². The first-order valence-corrected chi connectivity index (χ1v) is 15.5. The van der Waals surface area contributed by atoms with Crippen molar-refractivity contribution in [2.45, 2.75) is 56.8 Å². The maximum absolute atomic E-state index is 13.1. The topological polar surface area (TPSA) is 115 Å². The zero-order valence-corrected chi connectivity index (χ0v) is 25.1. The zero-order valence-electron chi connectivity index (χ0n) is 25.1. The number of para-hydroxylation sites is 1. The number of likely N-dealkylation sites (tertiary alicyclic amines) is 1. The molecule has 3 saturated heterocycles. The predicted molar refractivity (Wildman–Crippen MR) is 168 cm³/mol. The summed E-state index contributed by atoms with van der Waals surface area (Å²) in [6.45, 7) is 5.20. The van der Waals surface area contributed by atoms with Crippen molar-refractivity contribution in [3.63, 3.8) is 0 Å². The van der Waals surface area contributed by atoms with Crippen molar-refractivity contribution < 1.29 is 24.2 Å². The molecular weight excluding hydrogens is 558 g/mol. The predicted octanol–water partition coefficient (Wildman–Crippen LogP) is 4.29. The number of urea groups is 1. The van der Waals surface area contributed by atoms with E-state index >= 15 is 0 Å². The maximum Gasteiger partial charge on any atom is 0.319 e. The van der Waals surface area contributed by atoms with Gasteiger partial charge in [0.1, 0.15) is 5.54 Å². The number of rotatable bonds is 8. The summed E-state index contributed by atoms with van der Waals surface area (Å²) < 4.78 is 13.1. The van der Waals surface area contributed by atoms with Gasteiger partial charge in [-0.15, -0.1) is 0 Å². The van der Waals surface area contributed by atoms with Gasteiger partial charge in [-0.3, -0.25) is 4.79 Å². The molecule has 3 amide bonds. The summed E-state index contributed by atoms with van der Waals surface area (Å²) in [5.41, 5.74) is 3.88. The second kappa shape index (κ2) is 13.4. The molecule has 3 atom stereocenters. The number of carbonyl (C=O) groups is 2. The van der Waals surface area contributed by atoms with Crippen LogP contribution < -0.4 is 20.9 Å². The lowest BCUT2D eigenvalue weighted by Crippen LogP contribution is -2.57. The molecular formula is C34H41N5O5. The third kappa shape index (κ3) is 6.44. The molecule has 0 aliphatic carbocycles. The molecule has 3 aliphatic heterocycles. The van der Waals surface area contributed by atoms with E-state index in [0.29, 0.717) is 31.9 Å². The minimum absolute atomic E-state index is 0.0122. The maximum atomic E-state index is 13.1. The highest BCUT2D eigenvalue weighted by Crippen LogP contribution is 2.40. The average Bonchev–Trinajstić information content (AvgIpc) is 3.37. The van der Waals surface area contributed by atoms with Gasteiger partial charge in [-0.05, 0) is 55.2 Å². The van der Waals surface area contributed by atoms with Crippen LogP contribution in [0.4, 0.5) is 16.2 Å². The van der Waals surface area contributed by atoms with E-state index in [1.807, 2.05) is 73.7 Å². The summed E-state index contributed by atoms with van der Waals surface area (Å²) in [6.07, 6.45) is 1.19. The number of piperidine rings is 1. The monoisotopic (exact) mass is 599 g/mol. The van der Waals surface area contributed by atoms with Crippen LogP contribution in [-0.2, 0) is 20.9 Å². The second-order valence-electron chi connectivity index (χ2n) is 11.7. The Bertz CT molecular complexity index is 1430. The number of nitrogens with zero attached hydrogens (tertiary/aromatic N) is 2. The zero-order chi connectivity index (χ0) is 30.5. The fourth-order valence-corrected chi connectivity index (χ4v) is 6.56. The van der Waals surface area contributed by atoms with Crippen molar-refractivity contribution in [2.75, 3.05) is 43.1 Å². The molecule has 3 aromatic rings. The van der Waals surface area contributed by atoms with Gasteiger partial charge in [0, 0.05) is 49.5 Å². The Balaban J connectivity index is 1.17. The summed E-state index contributed by atoms with van der Waals surface area (Å²) in [6, 6.07) is 25.3. The first kappa shape index (κ1) is 30.1. The van der Waals surface area contributed by atoms with Crippen molar-refractivity contribution in [2.24, 2.45) is 0 Å². The number of aliphatic hydroxyl groups excluding tert-OH is 1. The summed E-state index contributed by atoms with van der Waals surface area (Å²) >= 11 is 0. The number of benzene rings is 3. The van der Waals surface area contributed by atoms with E-state index in [0.717, 1.165) is 48.3 Å². The van der Waals surface area contributed by atoms with Crippen LogP contribution in [0.5, 0.6) is 0 Å². The van der Waals surface area contributed by atoms with Crippen molar-refractivity contribution in [1.82, 2.24) is 15.5 Å². The highest BCUT2D eigenvalue weighted by atomic mass is 16.7. The number of amides is 3. The van der Waals surface area contributed by atoms with Crippen LogP contribution in [0.2, 0.25) is 0 Å². The van der Waals surface area contributed by atoms with Crippen molar-refractivity contribution in [3.8, 4) is 0 Å². The lowest BCUT2D eigenvalue weighted by Gasteiger charge is -2.45. The minimum Gasteiger partial charge on any atom is -0.392 e. The molecule has 3 aromatic carbocycles. The van der Waals surface area contributed by atoms with E-state index in [9.17, 15) is 14.7 Å². The smallest absolute Gasteiger partial charge is 0.319 e. The van der Waals surface area contributed by atoms with Crippen LogP contribution in [0.1, 0.15) is 55.3 Å². The molecule has 44 heavy (non-hydrogen) atoms. The number of carbonyl (C=O) groups excluding carboxylic acids is 2. The molecule has 0 unspecified atom stereocenters. The number of anilines is 2. The Morgan fingerprint density at radius 1 is 1.00 bits per heavy atom. The van der Waals surface area contributed by atoms with Gasteiger partial charge >= 0.3 is 6.03 Å². The van der Waals surface area contributed by atoms with Gasteiger partial charge in [-0.1, -0.05) is 54.6 Å². The SMILES string of the molecule is CCNC(=O)Nc1cccc([C@@H]2O[C@H](CN3CCC4(CC3)C(=O)NCN4c3ccccc3)C[C@H](c3ccc(CO)cc3)O2)c1. The quantitative estimate of drug-likeness (QED) is 0.305. The first-order chi connectivity index (χ1) is 21.5. The van der Waals surface area contributed by atoms with E-state index in [4.69, 9.17) is 9.47 Å². The Morgan fingerprint density at radius 2 is 1.77 bits per heavy atom. The van der Waals surface area contributed by atoms with Crippen molar-refractivity contribution in [1.29, 1.82) is 0 Å². The molecule has 0 radical (unpaired) electrons. The first-order valence-electron chi connectivity index (χ1n) is 15.5. The Labute approximate surface area is 258 Å². The number of hydrogen-bond donors (Lipinski definition) is 4. The van der Waals surface area contributed by atoms with Gasteiger partial charge in [0.2, 0.25) is 5.91 Å². The molecule has 232 valence electrons. The van der Waals surface area contributed by atoms with E-state index in [2.05, 4.69) is 37.9 Å². The van der Waals surface area contributed by atoms with Gasteiger partial charge in [-0.25, -0.2) is 4.79 Å². The van der Waals surface area contributed by atoms with E-state index in [1.165, 1.54) is 0 Å². The van der Waals surface area contributed by atoms with Crippen LogP contribution in [0.3, 0.4) is 0 Å². The van der Waals surface area contributed by atoms with Gasteiger partial charge in [-0.2, -0.15) is 0 Å². The standard InChI is InChI=1S/C34H41N5O5/c1-2-35-33(42)37-27-8-6-7-26(19-27)31-43-29(20-30(44-31)25-13-11-24(22-40)12-14-25)21-38-17-15-34(16-18-38)32(41)36-23-39(34)28-9-4-3-5-10-28/h3-14,19,29-31,40H,2,15-18,20-23H2,1H3,(H,36,41)(H2,35,37,42)/t29-,30+,31+/m0/s1. The Morgan fingerprint density at radius 3 is 2.50 bits per heavy atom. The largest absolute Gasteiger partial charge is 0.392 e.